The van der Waals surface area contributed by atoms with Crippen LogP contribution in [0.25, 0.3) is 0 Å². The number of ether oxygens (including phenoxy) is 1. The number of aryl methyl sites for hydroxylation is 2. The van der Waals surface area contributed by atoms with Crippen LogP contribution in [0.15, 0.2) is 72.8 Å². The first kappa shape index (κ1) is 22.4. The summed E-state index contributed by atoms with van der Waals surface area (Å²) in [6.45, 7) is 6.61. The molecular weight excluding hydrogens is 414 g/mol. The van der Waals surface area contributed by atoms with Gasteiger partial charge in [0.15, 0.2) is 6.61 Å². The third-order valence-electron chi connectivity index (χ3n) is 5.67. The molecule has 3 aromatic rings. The van der Waals surface area contributed by atoms with Crippen molar-refractivity contribution in [2.45, 2.75) is 13.8 Å². The van der Waals surface area contributed by atoms with Crippen LogP contribution in [0, 0.1) is 13.8 Å². The van der Waals surface area contributed by atoms with Crippen LogP contribution in [-0.4, -0.2) is 49.5 Å². The van der Waals surface area contributed by atoms with Crippen molar-refractivity contribution in [3.63, 3.8) is 0 Å². The minimum Gasteiger partial charge on any atom is -0.484 e. The summed E-state index contributed by atoms with van der Waals surface area (Å²) in [5, 5.41) is 2.98. The number of hydrogen-bond donors (Lipinski definition) is 1. The van der Waals surface area contributed by atoms with Crippen molar-refractivity contribution in [1.82, 2.24) is 4.90 Å². The molecule has 1 aliphatic heterocycles. The molecule has 0 radical (unpaired) electrons. The van der Waals surface area contributed by atoms with E-state index in [2.05, 4.69) is 16.3 Å². The lowest BCUT2D eigenvalue weighted by molar-refractivity contribution is -0.118. The van der Waals surface area contributed by atoms with E-state index in [-0.39, 0.29) is 18.4 Å². The Morgan fingerprint density at radius 2 is 1.48 bits per heavy atom. The lowest BCUT2D eigenvalue weighted by Crippen LogP contribution is -2.49. The molecule has 0 saturated carbocycles. The molecular formula is C27H29N3O3. The number of rotatable bonds is 6. The van der Waals surface area contributed by atoms with E-state index in [9.17, 15) is 9.59 Å². The number of benzene rings is 3. The number of para-hydroxylation sites is 2. The van der Waals surface area contributed by atoms with Crippen LogP contribution in [0.5, 0.6) is 5.75 Å². The number of nitrogens with one attached hydrogen (secondary N) is 1. The Morgan fingerprint density at radius 1 is 0.848 bits per heavy atom. The van der Waals surface area contributed by atoms with Gasteiger partial charge in [-0.1, -0.05) is 36.4 Å². The van der Waals surface area contributed by atoms with Crippen LogP contribution in [0.1, 0.15) is 21.5 Å². The minimum atomic E-state index is -0.209. The van der Waals surface area contributed by atoms with Gasteiger partial charge in [0.1, 0.15) is 5.75 Å². The minimum absolute atomic E-state index is 0.0559. The van der Waals surface area contributed by atoms with E-state index >= 15 is 0 Å². The third-order valence-corrected chi connectivity index (χ3v) is 5.67. The van der Waals surface area contributed by atoms with E-state index in [0.29, 0.717) is 37.5 Å². The van der Waals surface area contributed by atoms with Gasteiger partial charge in [0.2, 0.25) is 0 Å². The van der Waals surface area contributed by atoms with Crippen LogP contribution < -0.4 is 15.0 Å². The molecule has 0 atom stereocenters. The van der Waals surface area contributed by atoms with Gasteiger partial charge in [-0.25, -0.2) is 0 Å². The maximum Gasteiger partial charge on any atom is 0.262 e. The fraction of sp³-hybridized carbons (Fsp3) is 0.259. The molecule has 0 spiro atoms. The number of piperazine rings is 1. The van der Waals surface area contributed by atoms with Crippen LogP contribution >= 0.6 is 0 Å². The van der Waals surface area contributed by atoms with Crippen molar-refractivity contribution >= 4 is 23.2 Å². The second-order valence-electron chi connectivity index (χ2n) is 8.32. The van der Waals surface area contributed by atoms with Gasteiger partial charge < -0.3 is 19.9 Å². The molecule has 6 heteroatoms. The molecule has 0 aliphatic carbocycles. The van der Waals surface area contributed by atoms with Gasteiger partial charge in [0.05, 0.1) is 11.4 Å². The second kappa shape index (κ2) is 10.2. The Morgan fingerprint density at radius 3 is 2.18 bits per heavy atom. The summed E-state index contributed by atoms with van der Waals surface area (Å²) in [5.41, 5.74) is 4.60. The highest BCUT2D eigenvalue weighted by molar-refractivity contribution is 5.96. The highest BCUT2D eigenvalue weighted by atomic mass is 16.5. The molecule has 4 rings (SSSR count). The molecule has 1 N–H and O–H groups in total. The highest BCUT2D eigenvalue weighted by Crippen LogP contribution is 2.27. The normalized spacial score (nSPS) is 13.5. The number of anilines is 2. The molecule has 1 saturated heterocycles. The molecule has 6 nitrogen and oxygen atoms in total. The van der Waals surface area contributed by atoms with Crippen molar-refractivity contribution in [3.8, 4) is 5.75 Å². The summed E-state index contributed by atoms with van der Waals surface area (Å²) in [4.78, 5) is 29.4. The smallest absolute Gasteiger partial charge is 0.262 e. The molecule has 2 amide bonds. The zero-order valence-corrected chi connectivity index (χ0v) is 19.1. The molecule has 33 heavy (non-hydrogen) atoms. The predicted molar refractivity (Wildman–Crippen MR) is 131 cm³/mol. The maximum atomic E-state index is 12.7. The Kier molecular flexibility index (Phi) is 6.93. The van der Waals surface area contributed by atoms with E-state index in [1.165, 1.54) is 0 Å². The zero-order chi connectivity index (χ0) is 23.2. The number of nitrogens with zero attached hydrogens (tertiary/aromatic N) is 2. The highest BCUT2D eigenvalue weighted by Gasteiger charge is 2.23. The Hall–Kier alpha value is -3.80. The van der Waals surface area contributed by atoms with E-state index < -0.39 is 0 Å². The van der Waals surface area contributed by atoms with Gasteiger partial charge in [-0.3, -0.25) is 9.59 Å². The molecule has 0 unspecified atom stereocenters. The molecule has 0 aromatic heterocycles. The summed E-state index contributed by atoms with van der Waals surface area (Å²) in [5.74, 6) is 0.537. The van der Waals surface area contributed by atoms with Gasteiger partial charge in [-0.2, -0.15) is 0 Å². The lowest BCUT2D eigenvalue weighted by Gasteiger charge is -2.37. The first-order valence-corrected chi connectivity index (χ1v) is 11.2. The molecule has 1 aliphatic rings. The standard InChI is InChI=1S/C27H29N3O3/c1-20-16-21(2)18-23(17-20)33-19-26(31)28-24-10-6-7-11-25(24)29-12-14-30(15-13-29)27(32)22-8-4-3-5-9-22/h3-11,16-18H,12-15,19H2,1-2H3,(H,28,31). The van der Waals surface area contributed by atoms with E-state index in [4.69, 9.17) is 4.74 Å². The van der Waals surface area contributed by atoms with Gasteiger partial charge in [-0.05, 0) is 61.4 Å². The van der Waals surface area contributed by atoms with Crippen LogP contribution in [-0.2, 0) is 4.79 Å². The average Bonchev–Trinajstić information content (AvgIpc) is 2.83. The van der Waals surface area contributed by atoms with Crippen molar-refractivity contribution in [2.24, 2.45) is 0 Å². The van der Waals surface area contributed by atoms with Crippen molar-refractivity contribution < 1.29 is 14.3 Å². The summed E-state index contributed by atoms with van der Waals surface area (Å²) in [6, 6.07) is 23.0. The topological polar surface area (TPSA) is 61.9 Å². The molecule has 3 aromatic carbocycles. The fourth-order valence-electron chi connectivity index (χ4n) is 4.12. The maximum absolute atomic E-state index is 12.7. The zero-order valence-electron chi connectivity index (χ0n) is 19.1. The predicted octanol–water partition coefficient (Wildman–Crippen LogP) is 4.28. The third kappa shape index (κ3) is 5.71. The van der Waals surface area contributed by atoms with E-state index in [1.807, 2.05) is 85.5 Å². The van der Waals surface area contributed by atoms with Crippen molar-refractivity contribution in [2.75, 3.05) is 43.0 Å². The van der Waals surface area contributed by atoms with Gasteiger partial charge >= 0.3 is 0 Å². The van der Waals surface area contributed by atoms with Crippen LogP contribution in [0.3, 0.4) is 0 Å². The van der Waals surface area contributed by atoms with E-state index in [1.54, 1.807) is 0 Å². The number of amides is 2. The van der Waals surface area contributed by atoms with Crippen LogP contribution in [0.4, 0.5) is 11.4 Å². The largest absolute Gasteiger partial charge is 0.484 e. The van der Waals surface area contributed by atoms with Gasteiger partial charge in [0.25, 0.3) is 11.8 Å². The first-order chi connectivity index (χ1) is 16.0. The lowest BCUT2D eigenvalue weighted by atomic mass is 10.1. The number of carbonyl (C=O) groups excluding carboxylic acids is 2. The first-order valence-electron chi connectivity index (χ1n) is 11.2. The molecule has 170 valence electrons. The second-order valence-corrected chi connectivity index (χ2v) is 8.32. The average molecular weight is 444 g/mol. The van der Waals surface area contributed by atoms with Crippen LogP contribution in [0.2, 0.25) is 0 Å². The fourth-order valence-corrected chi connectivity index (χ4v) is 4.12. The molecule has 0 bridgehead atoms. The van der Waals surface area contributed by atoms with Gasteiger partial charge in [0, 0.05) is 31.7 Å². The summed E-state index contributed by atoms with van der Waals surface area (Å²) < 4.78 is 5.70. The summed E-state index contributed by atoms with van der Waals surface area (Å²) in [7, 11) is 0. The molecule has 1 fully saturated rings. The van der Waals surface area contributed by atoms with E-state index in [0.717, 1.165) is 22.5 Å². The van der Waals surface area contributed by atoms with Crippen molar-refractivity contribution in [1.29, 1.82) is 0 Å². The van der Waals surface area contributed by atoms with Gasteiger partial charge in [-0.15, -0.1) is 0 Å². The molecule has 1 heterocycles. The van der Waals surface area contributed by atoms with Crippen molar-refractivity contribution in [3.05, 3.63) is 89.5 Å². The Labute approximate surface area is 194 Å². The number of carbonyl (C=O) groups is 2. The monoisotopic (exact) mass is 443 g/mol. The number of hydrogen-bond acceptors (Lipinski definition) is 4. The Balaban J connectivity index is 1.35. The summed E-state index contributed by atoms with van der Waals surface area (Å²) >= 11 is 0. The Bertz CT molecular complexity index is 1100. The SMILES string of the molecule is Cc1cc(C)cc(OCC(=O)Nc2ccccc2N2CCN(C(=O)c3ccccc3)CC2)c1. The summed E-state index contributed by atoms with van der Waals surface area (Å²) in [6.07, 6.45) is 0. The quantitative estimate of drug-likeness (QED) is 0.618.